The Bertz CT molecular complexity index is 750. The van der Waals surface area contributed by atoms with Crippen molar-refractivity contribution in [2.24, 2.45) is 5.92 Å². The predicted octanol–water partition coefficient (Wildman–Crippen LogP) is 4.77. The first-order valence-corrected chi connectivity index (χ1v) is 8.55. The molecule has 0 unspecified atom stereocenters. The highest BCUT2D eigenvalue weighted by atomic mass is 16.6. The van der Waals surface area contributed by atoms with E-state index in [0.717, 1.165) is 11.1 Å². The van der Waals surface area contributed by atoms with Gasteiger partial charge >= 0.3 is 6.09 Å². The standard InChI is InChI=1S/C21H23NO3/c1-15(2)19-14-25-21(24)22(19)20(23)13-10-16-8-11-18(12-9-16)17-6-4-3-5-7-17/h3-9,11-13,15,19,23H,10,14H2,1-2H3/b20-13-/t19-/m1/s1. The lowest BCUT2D eigenvalue weighted by molar-refractivity contribution is 0.146. The summed E-state index contributed by atoms with van der Waals surface area (Å²) in [6.45, 7) is 4.34. The molecular formula is C21H23NO3. The molecule has 1 N–H and O–H groups in total. The van der Waals surface area contributed by atoms with Gasteiger partial charge in [0.1, 0.15) is 6.61 Å². The Morgan fingerprint density at radius 1 is 1.16 bits per heavy atom. The van der Waals surface area contributed by atoms with Gasteiger partial charge in [-0.3, -0.25) is 0 Å². The summed E-state index contributed by atoms with van der Waals surface area (Å²) in [5, 5.41) is 10.3. The van der Waals surface area contributed by atoms with E-state index in [-0.39, 0.29) is 17.8 Å². The van der Waals surface area contributed by atoms with E-state index in [1.165, 1.54) is 10.5 Å². The van der Waals surface area contributed by atoms with Crippen molar-refractivity contribution >= 4 is 6.09 Å². The van der Waals surface area contributed by atoms with Crippen LogP contribution in [0.2, 0.25) is 0 Å². The average Bonchev–Trinajstić information content (AvgIpc) is 3.03. The summed E-state index contributed by atoms with van der Waals surface area (Å²) >= 11 is 0. The first kappa shape index (κ1) is 17.1. The van der Waals surface area contributed by atoms with E-state index in [4.69, 9.17) is 4.74 Å². The molecule has 1 atom stereocenters. The van der Waals surface area contributed by atoms with Crippen LogP contribution in [0.1, 0.15) is 19.4 Å². The Labute approximate surface area is 148 Å². The highest BCUT2D eigenvalue weighted by molar-refractivity contribution is 5.72. The first-order valence-electron chi connectivity index (χ1n) is 8.55. The molecule has 1 fully saturated rings. The lowest BCUT2D eigenvalue weighted by Crippen LogP contribution is -2.36. The number of carbonyl (C=O) groups excluding carboxylic acids is 1. The van der Waals surface area contributed by atoms with Crippen LogP contribution in [0, 0.1) is 5.92 Å². The summed E-state index contributed by atoms with van der Waals surface area (Å²) in [5.41, 5.74) is 3.40. The molecule has 2 aromatic carbocycles. The fourth-order valence-electron chi connectivity index (χ4n) is 2.96. The quantitative estimate of drug-likeness (QED) is 0.799. The van der Waals surface area contributed by atoms with Crippen molar-refractivity contribution < 1.29 is 14.6 Å². The van der Waals surface area contributed by atoms with Crippen LogP contribution < -0.4 is 0 Å². The third-order valence-electron chi connectivity index (χ3n) is 4.50. The summed E-state index contributed by atoms with van der Waals surface area (Å²) in [6.07, 6.45) is 1.74. The van der Waals surface area contributed by atoms with Gasteiger partial charge in [0, 0.05) is 0 Å². The van der Waals surface area contributed by atoms with Gasteiger partial charge in [0.05, 0.1) is 6.04 Å². The molecule has 0 radical (unpaired) electrons. The number of aliphatic hydroxyl groups excluding tert-OH is 1. The minimum atomic E-state index is -0.480. The maximum Gasteiger partial charge on any atom is 0.417 e. The number of benzene rings is 2. The zero-order valence-electron chi connectivity index (χ0n) is 14.6. The average molecular weight is 337 g/mol. The van der Waals surface area contributed by atoms with Crippen molar-refractivity contribution in [2.75, 3.05) is 6.61 Å². The van der Waals surface area contributed by atoms with Crippen LogP contribution in [0.4, 0.5) is 4.79 Å². The molecule has 4 nitrogen and oxygen atoms in total. The number of hydrogen-bond acceptors (Lipinski definition) is 3. The van der Waals surface area contributed by atoms with Gasteiger partial charge in [0.25, 0.3) is 0 Å². The van der Waals surface area contributed by atoms with E-state index in [1.54, 1.807) is 6.08 Å². The Morgan fingerprint density at radius 3 is 2.44 bits per heavy atom. The van der Waals surface area contributed by atoms with Crippen LogP contribution in [0.15, 0.2) is 66.6 Å². The van der Waals surface area contributed by atoms with Crippen molar-refractivity contribution in [3.8, 4) is 11.1 Å². The summed E-state index contributed by atoms with van der Waals surface area (Å²) in [4.78, 5) is 13.2. The van der Waals surface area contributed by atoms with E-state index < -0.39 is 6.09 Å². The number of cyclic esters (lactones) is 1. The minimum Gasteiger partial charge on any atom is -0.495 e. The van der Waals surface area contributed by atoms with Crippen LogP contribution in [0.25, 0.3) is 11.1 Å². The smallest absolute Gasteiger partial charge is 0.417 e. The van der Waals surface area contributed by atoms with Gasteiger partial charge in [-0.15, -0.1) is 0 Å². The Balaban J connectivity index is 1.70. The van der Waals surface area contributed by atoms with Crippen LogP contribution in [0.5, 0.6) is 0 Å². The van der Waals surface area contributed by atoms with E-state index in [9.17, 15) is 9.90 Å². The minimum absolute atomic E-state index is 0.0339. The third-order valence-corrected chi connectivity index (χ3v) is 4.50. The van der Waals surface area contributed by atoms with Crippen LogP contribution >= 0.6 is 0 Å². The number of allylic oxidation sites excluding steroid dienone is 1. The van der Waals surface area contributed by atoms with Gasteiger partial charge in [-0.05, 0) is 35.1 Å². The lowest BCUT2D eigenvalue weighted by Gasteiger charge is -2.23. The van der Waals surface area contributed by atoms with E-state index in [2.05, 4.69) is 24.3 Å². The molecular weight excluding hydrogens is 314 g/mol. The van der Waals surface area contributed by atoms with E-state index in [1.807, 2.05) is 44.2 Å². The number of hydrogen-bond donors (Lipinski definition) is 1. The zero-order valence-corrected chi connectivity index (χ0v) is 14.6. The van der Waals surface area contributed by atoms with Crippen molar-refractivity contribution in [1.82, 2.24) is 4.90 Å². The highest BCUT2D eigenvalue weighted by Gasteiger charge is 2.37. The maximum absolute atomic E-state index is 11.8. The van der Waals surface area contributed by atoms with Crippen molar-refractivity contribution in [2.45, 2.75) is 26.3 Å². The molecule has 1 amide bonds. The molecule has 0 aromatic heterocycles. The second-order valence-electron chi connectivity index (χ2n) is 6.59. The fraction of sp³-hybridized carbons (Fsp3) is 0.286. The van der Waals surface area contributed by atoms with E-state index in [0.29, 0.717) is 13.0 Å². The SMILES string of the molecule is CC(C)[C@H]1COC(=O)N1/C(O)=C/Cc1ccc(-c2ccccc2)cc1. The maximum atomic E-state index is 11.8. The second kappa shape index (κ2) is 7.43. The molecule has 2 aromatic rings. The molecule has 0 spiro atoms. The van der Waals surface area contributed by atoms with Crippen molar-refractivity contribution in [3.05, 3.63) is 72.1 Å². The normalized spacial score (nSPS) is 17.9. The third kappa shape index (κ3) is 3.85. The Morgan fingerprint density at radius 2 is 1.80 bits per heavy atom. The number of rotatable bonds is 5. The Kier molecular flexibility index (Phi) is 5.08. The first-order chi connectivity index (χ1) is 12.1. The molecule has 130 valence electrons. The predicted molar refractivity (Wildman–Crippen MR) is 98.1 cm³/mol. The van der Waals surface area contributed by atoms with Crippen molar-refractivity contribution in [3.63, 3.8) is 0 Å². The molecule has 1 heterocycles. The van der Waals surface area contributed by atoms with Crippen LogP contribution in [-0.2, 0) is 11.2 Å². The number of carbonyl (C=O) groups is 1. The van der Waals surface area contributed by atoms with Crippen LogP contribution in [-0.4, -0.2) is 28.7 Å². The summed E-state index contributed by atoms with van der Waals surface area (Å²) in [5.74, 6) is 0.181. The summed E-state index contributed by atoms with van der Waals surface area (Å²) < 4.78 is 5.06. The number of aliphatic hydroxyl groups is 1. The molecule has 1 aliphatic heterocycles. The van der Waals surface area contributed by atoms with Crippen LogP contribution in [0.3, 0.4) is 0 Å². The van der Waals surface area contributed by atoms with Gasteiger partial charge in [-0.2, -0.15) is 0 Å². The van der Waals surface area contributed by atoms with Gasteiger partial charge in [-0.25, -0.2) is 9.69 Å². The van der Waals surface area contributed by atoms with Crippen molar-refractivity contribution in [1.29, 1.82) is 0 Å². The zero-order chi connectivity index (χ0) is 17.8. The highest BCUT2D eigenvalue weighted by Crippen LogP contribution is 2.24. The van der Waals surface area contributed by atoms with E-state index >= 15 is 0 Å². The molecule has 0 saturated carbocycles. The monoisotopic (exact) mass is 337 g/mol. The topological polar surface area (TPSA) is 49.8 Å². The molecule has 1 saturated heterocycles. The molecule has 1 aliphatic rings. The van der Waals surface area contributed by atoms with Gasteiger partial charge in [-0.1, -0.05) is 68.4 Å². The second-order valence-corrected chi connectivity index (χ2v) is 6.59. The number of ether oxygens (including phenoxy) is 1. The molecule has 25 heavy (non-hydrogen) atoms. The number of amides is 1. The molecule has 0 bridgehead atoms. The largest absolute Gasteiger partial charge is 0.495 e. The molecule has 3 rings (SSSR count). The Hall–Kier alpha value is -2.75. The van der Waals surface area contributed by atoms with Gasteiger partial charge in [0.15, 0.2) is 5.88 Å². The van der Waals surface area contributed by atoms with Gasteiger partial charge < -0.3 is 9.84 Å². The molecule has 0 aliphatic carbocycles. The lowest BCUT2D eigenvalue weighted by atomic mass is 10.0. The summed E-state index contributed by atoms with van der Waals surface area (Å²) in [6, 6.07) is 18.3. The molecule has 4 heteroatoms. The fourth-order valence-corrected chi connectivity index (χ4v) is 2.96. The number of nitrogens with zero attached hydrogens (tertiary/aromatic N) is 1. The van der Waals surface area contributed by atoms with Gasteiger partial charge in [0.2, 0.25) is 0 Å². The summed E-state index contributed by atoms with van der Waals surface area (Å²) in [7, 11) is 0.